The Bertz CT molecular complexity index is 787. The summed E-state index contributed by atoms with van der Waals surface area (Å²) < 4.78 is 33.3. The van der Waals surface area contributed by atoms with Gasteiger partial charge >= 0.3 is 0 Å². The third-order valence-corrected chi connectivity index (χ3v) is 3.63. The molecule has 0 saturated heterocycles. The average molecular weight is 363 g/mol. The second kappa shape index (κ2) is 8.39. The van der Waals surface area contributed by atoms with Gasteiger partial charge < -0.3 is 20.9 Å². The van der Waals surface area contributed by atoms with Gasteiger partial charge in [-0.15, -0.1) is 0 Å². The molecular formula is C18H19F2N3O3. The number of phenols is 1. The summed E-state index contributed by atoms with van der Waals surface area (Å²) in [6.45, 7) is 1.75. The Morgan fingerprint density at radius 1 is 1.27 bits per heavy atom. The van der Waals surface area contributed by atoms with Crippen molar-refractivity contribution in [3.8, 4) is 5.75 Å². The molecule has 0 heterocycles. The van der Waals surface area contributed by atoms with Crippen LogP contribution >= 0.6 is 0 Å². The Balaban J connectivity index is 2.15. The lowest BCUT2D eigenvalue weighted by Crippen LogP contribution is -2.31. The summed E-state index contributed by atoms with van der Waals surface area (Å²) >= 11 is 0. The summed E-state index contributed by atoms with van der Waals surface area (Å²) in [6.07, 6.45) is -1.49. The molecule has 0 aliphatic rings. The molecule has 8 heteroatoms. The van der Waals surface area contributed by atoms with Crippen LogP contribution in [0, 0.1) is 17.0 Å². The van der Waals surface area contributed by atoms with Gasteiger partial charge in [0.05, 0.1) is 5.56 Å². The van der Waals surface area contributed by atoms with Gasteiger partial charge in [0.2, 0.25) is 0 Å². The predicted octanol–water partition coefficient (Wildman–Crippen LogP) is 2.35. The van der Waals surface area contributed by atoms with E-state index in [4.69, 9.17) is 15.9 Å². The third-order valence-electron chi connectivity index (χ3n) is 3.63. The number of phenolic OH excluding ortho intramolecular Hbond substituents is 1. The smallest absolute Gasteiger partial charge is 0.254 e. The third kappa shape index (κ3) is 4.54. The number of amides is 1. The molecule has 5 N–H and O–H groups in total. The maximum Gasteiger partial charge on any atom is 0.254 e. The number of nitrogens with one attached hydrogen (secondary N) is 2. The van der Waals surface area contributed by atoms with Crippen LogP contribution < -0.4 is 11.1 Å². The Labute approximate surface area is 149 Å². The van der Waals surface area contributed by atoms with Crippen LogP contribution in [0.3, 0.4) is 0 Å². The van der Waals surface area contributed by atoms with Crippen molar-refractivity contribution in [2.24, 2.45) is 5.73 Å². The SMILES string of the molecule is CCO[C@H](C(=O)NCc1ccc(C(=N)N)cc1)c1c(F)cc(O)cc1F. The van der Waals surface area contributed by atoms with Gasteiger partial charge in [-0.25, -0.2) is 8.78 Å². The number of ether oxygens (including phenoxy) is 1. The number of halogens is 2. The van der Waals surface area contributed by atoms with E-state index in [1.165, 1.54) is 0 Å². The normalized spacial score (nSPS) is 11.8. The number of benzene rings is 2. The zero-order valence-electron chi connectivity index (χ0n) is 14.1. The Kier molecular flexibility index (Phi) is 6.24. The minimum atomic E-state index is -1.49. The highest BCUT2D eigenvalue weighted by Gasteiger charge is 2.28. The summed E-state index contributed by atoms with van der Waals surface area (Å²) in [5, 5.41) is 19.1. The Hall–Kier alpha value is -3.00. The highest BCUT2D eigenvalue weighted by Crippen LogP contribution is 2.27. The van der Waals surface area contributed by atoms with Crippen molar-refractivity contribution < 1.29 is 23.4 Å². The number of nitrogen functional groups attached to an aromatic ring is 1. The highest BCUT2D eigenvalue weighted by atomic mass is 19.1. The number of amidine groups is 1. The summed E-state index contributed by atoms with van der Waals surface area (Å²) in [5.74, 6) is -3.50. The standard InChI is InChI=1S/C18H19F2N3O3/c1-2-26-16(15-13(19)7-12(24)8-14(15)20)18(25)23-9-10-3-5-11(6-4-10)17(21)22/h3-8,16,24H,2,9H2,1H3,(H3,21,22)(H,23,25)/t16-/m0/s1. The number of hydrogen-bond acceptors (Lipinski definition) is 4. The largest absolute Gasteiger partial charge is 0.508 e. The lowest BCUT2D eigenvalue weighted by molar-refractivity contribution is -0.133. The highest BCUT2D eigenvalue weighted by molar-refractivity contribution is 5.94. The van der Waals surface area contributed by atoms with Crippen molar-refractivity contribution in [3.05, 3.63) is 64.7 Å². The first kappa shape index (κ1) is 19.3. The second-order valence-corrected chi connectivity index (χ2v) is 5.49. The zero-order chi connectivity index (χ0) is 19.3. The van der Waals surface area contributed by atoms with Crippen LogP contribution in [0.25, 0.3) is 0 Å². The summed E-state index contributed by atoms with van der Waals surface area (Å²) in [7, 11) is 0. The molecule has 138 valence electrons. The topological polar surface area (TPSA) is 108 Å². The molecule has 2 rings (SSSR count). The zero-order valence-corrected chi connectivity index (χ0v) is 14.1. The molecule has 0 unspecified atom stereocenters. The molecule has 0 radical (unpaired) electrons. The van der Waals surface area contributed by atoms with Crippen LogP contribution in [0.1, 0.15) is 29.7 Å². The number of nitrogens with two attached hydrogens (primary N) is 1. The van der Waals surface area contributed by atoms with E-state index in [0.29, 0.717) is 11.1 Å². The summed E-state index contributed by atoms with van der Waals surface area (Å²) in [6, 6.07) is 8.05. The summed E-state index contributed by atoms with van der Waals surface area (Å²) in [5.41, 5.74) is 6.06. The molecule has 2 aromatic carbocycles. The Morgan fingerprint density at radius 2 is 1.85 bits per heavy atom. The van der Waals surface area contributed by atoms with Gasteiger partial charge in [0.25, 0.3) is 5.91 Å². The van der Waals surface area contributed by atoms with Crippen molar-refractivity contribution in [1.82, 2.24) is 5.32 Å². The van der Waals surface area contributed by atoms with E-state index < -0.39 is 35.0 Å². The average Bonchev–Trinajstić information content (AvgIpc) is 2.58. The van der Waals surface area contributed by atoms with E-state index in [2.05, 4.69) is 5.32 Å². The predicted molar refractivity (Wildman–Crippen MR) is 91.7 cm³/mol. The van der Waals surface area contributed by atoms with Gasteiger partial charge in [0, 0.05) is 30.8 Å². The minimum Gasteiger partial charge on any atom is -0.508 e. The van der Waals surface area contributed by atoms with Crippen LogP contribution in [-0.4, -0.2) is 23.5 Å². The van der Waals surface area contributed by atoms with Crippen LogP contribution in [0.15, 0.2) is 36.4 Å². The monoisotopic (exact) mass is 363 g/mol. The first-order valence-electron chi connectivity index (χ1n) is 7.84. The van der Waals surface area contributed by atoms with Gasteiger partial charge in [-0.2, -0.15) is 0 Å². The van der Waals surface area contributed by atoms with Crippen LogP contribution in [0.5, 0.6) is 5.75 Å². The Morgan fingerprint density at radius 3 is 2.35 bits per heavy atom. The van der Waals surface area contributed by atoms with Crippen molar-refractivity contribution in [2.75, 3.05) is 6.61 Å². The quantitative estimate of drug-likeness (QED) is 0.447. The van der Waals surface area contributed by atoms with Crippen molar-refractivity contribution >= 4 is 11.7 Å². The first-order valence-corrected chi connectivity index (χ1v) is 7.84. The van der Waals surface area contributed by atoms with Crippen molar-refractivity contribution in [3.63, 3.8) is 0 Å². The molecule has 0 aliphatic carbocycles. The summed E-state index contributed by atoms with van der Waals surface area (Å²) in [4.78, 5) is 12.4. The van der Waals surface area contributed by atoms with E-state index >= 15 is 0 Å². The second-order valence-electron chi connectivity index (χ2n) is 5.49. The molecule has 0 bridgehead atoms. The molecular weight excluding hydrogens is 344 g/mol. The van der Waals surface area contributed by atoms with Gasteiger partial charge in [-0.05, 0) is 12.5 Å². The lowest BCUT2D eigenvalue weighted by atomic mass is 10.1. The molecule has 0 saturated carbocycles. The molecule has 2 aromatic rings. The maximum atomic E-state index is 14.0. The molecule has 1 amide bonds. The van der Waals surface area contributed by atoms with E-state index in [9.17, 15) is 18.7 Å². The fourth-order valence-electron chi connectivity index (χ4n) is 2.36. The molecule has 0 fully saturated rings. The fourth-order valence-corrected chi connectivity index (χ4v) is 2.36. The molecule has 0 aromatic heterocycles. The van der Waals surface area contributed by atoms with E-state index in [-0.39, 0.29) is 19.0 Å². The van der Waals surface area contributed by atoms with Gasteiger partial charge in [-0.1, -0.05) is 24.3 Å². The van der Waals surface area contributed by atoms with Crippen molar-refractivity contribution in [1.29, 1.82) is 5.41 Å². The maximum absolute atomic E-state index is 14.0. The van der Waals surface area contributed by atoms with Gasteiger partial charge in [-0.3, -0.25) is 10.2 Å². The van der Waals surface area contributed by atoms with Crippen LogP contribution in [0.2, 0.25) is 0 Å². The molecule has 0 aliphatic heterocycles. The van der Waals surface area contributed by atoms with E-state index in [1.54, 1.807) is 31.2 Å². The van der Waals surface area contributed by atoms with Gasteiger partial charge in [0.15, 0.2) is 6.10 Å². The molecule has 1 atom stereocenters. The van der Waals surface area contributed by atoms with Crippen LogP contribution in [0.4, 0.5) is 8.78 Å². The molecule has 0 spiro atoms. The number of carbonyl (C=O) groups excluding carboxylic acids is 1. The number of rotatable bonds is 7. The van der Waals surface area contributed by atoms with E-state index in [0.717, 1.165) is 12.1 Å². The van der Waals surface area contributed by atoms with Crippen molar-refractivity contribution in [2.45, 2.75) is 19.6 Å². The fraction of sp³-hybridized carbons (Fsp3) is 0.222. The van der Waals surface area contributed by atoms with Gasteiger partial charge in [0.1, 0.15) is 23.2 Å². The number of aromatic hydroxyl groups is 1. The molecule has 6 nitrogen and oxygen atoms in total. The number of carbonyl (C=O) groups is 1. The van der Waals surface area contributed by atoms with E-state index in [1.807, 2.05) is 0 Å². The molecule has 26 heavy (non-hydrogen) atoms. The lowest BCUT2D eigenvalue weighted by Gasteiger charge is -2.18. The van der Waals surface area contributed by atoms with Crippen LogP contribution in [-0.2, 0) is 16.1 Å². The minimum absolute atomic E-state index is 0.0607. The number of hydrogen-bond donors (Lipinski definition) is 4. The first-order chi connectivity index (χ1) is 12.3.